The van der Waals surface area contributed by atoms with Gasteiger partial charge in [0.2, 0.25) is 11.8 Å². The van der Waals surface area contributed by atoms with E-state index in [0.717, 1.165) is 5.56 Å². The van der Waals surface area contributed by atoms with Gasteiger partial charge in [0, 0.05) is 36.6 Å². The number of benzene rings is 2. The van der Waals surface area contributed by atoms with Crippen LogP contribution in [0.25, 0.3) is 11.1 Å². The van der Waals surface area contributed by atoms with E-state index in [4.69, 9.17) is 16.3 Å². The summed E-state index contributed by atoms with van der Waals surface area (Å²) in [5, 5.41) is 0.449. The zero-order valence-corrected chi connectivity index (χ0v) is 21.2. The predicted octanol–water partition coefficient (Wildman–Crippen LogP) is 5.46. The second-order valence-corrected chi connectivity index (χ2v) is 10.9. The molecule has 6 nitrogen and oxygen atoms in total. The number of likely N-dealkylation sites (tertiary alicyclic amines) is 2. The number of hydrogen-bond acceptors (Lipinski definition) is 4. The van der Waals surface area contributed by atoms with E-state index in [0.29, 0.717) is 48.5 Å². The molecule has 0 radical (unpaired) electrons. The first kappa shape index (κ1) is 25.2. The summed E-state index contributed by atoms with van der Waals surface area (Å²) in [6.45, 7) is 7.58. The Morgan fingerprint density at radius 3 is 2.46 bits per heavy atom. The van der Waals surface area contributed by atoms with Gasteiger partial charge < -0.3 is 9.64 Å². The third-order valence-corrected chi connectivity index (χ3v) is 6.95. The van der Waals surface area contributed by atoms with Gasteiger partial charge in [0.15, 0.2) is 0 Å². The lowest BCUT2D eigenvalue weighted by atomic mass is 9.83. The smallest absolute Gasteiger partial charge is 0.417 e. The highest BCUT2D eigenvalue weighted by Gasteiger charge is 2.57. The van der Waals surface area contributed by atoms with Crippen LogP contribution in [0.3, 0.4) is 0 Å². The zero-order chi connectivity index (χ0) is 25.5. The van der Waals surface area contributed by atoms with Gasteiger partial charge in [-0.25, -0.2) is 14.1 Å². The molecule has 0 N–H and O–H groups in total. The molecular weight excluding hydrogens is 471 g/mol. The Balaban J connectivity index is 1.59. The van der Waals surface area contributed by atoms with E-state index in [9.17, 15) is 18.8 Å². The Morgan fingerprint density at radius 1 is 1.17 bits per heavy atom. The molecule has 2 aliphatic rings. The van der Waals surface area contributed by atoms with Crippen LogP contribution >= 0.6 is 11.6 Å². The van der Waals surface area contributed by atoms with Crippen LogP contribution in [0.1, 0.15) is 46.1 Å². The van der Waals surface area contributed by atoms with Crippen molar-refractivity contribution in [1.82, 2.24) is 9.80 Å². The molecule has 8 heteroatoms. The van der Waals surface area contributed by atoms with Crippen molar-refractivity contribution >= 4 is 29.5 Å². The first-order valence-corrected chi connectivity index (χ1v) is 12.1. The highest BCUT2D eigenvalue weighted by molar-refractivity contribution is 6.30. The summed E-state index contributed by atoms with van der Waals surface area (Å²) < 4.78 is 19.8. The number of imide groups is 1. The maximum absolute atomic E-state index is 14.3. The number of rotatable bonds is 3. The molecule has 2 atom stereocenters. The molecule has 2 fully saturated rings. The van der Waals surface area contributed by atoms with Gasteiger partial charge in [0.05, 0.1) is 5.41 Å². The van der Waals surface area contributed by atoms with Crippen molar-refractivity contribution in [3.8, 4) is 11.1 Å². The fraction of sp³-hybridized carbons (Fsp3) is 0.444. The quantitative estimate of drug-likeness (QED) is 0.561. The summed E-state index contributed by atoms with van der Waals surface area (Å²) >= 11 is 6.03. The summed E-state index contributed by atoms with van der Waals surface area (Å²) in [5.74, 6) is -0.721. The predicted molar refractivity (Wildman–Crippen MR) is 131 cm³/mol. The van der Waals surface area contributed by atoms with E-state index in [1.54, 1.807) is 31.7 Å². The molecular formula is C27H30ClFN2O4. The first-order chi connectivity index (χ1) is 16.4. The highest BCUT2D eigenvalue weighted by Crippen LogP contribution is 2.45. The number of carbonyl (C=O) groups is 3. The third-order valence-electron chi connectivity index (χ3n) is 6.72. The lowest BCUT2D eigenvalue weighted by molar-refractivity contribution is -0.136. The van der Waals surface area contributed by atoms with Crippen LogP contribution in [0.4, 0.5) is 9.18 Å². The molecule has 0 aromatic heterocycles. The summed E-state index contributed by atoms with van der Waals surface area (Å²) in [7, 11) is 0. The van der Waals surface area contributed by atoms with Gasteiger partial charge in [-0.3, -0.25) is 9.59 Å². The van der Waals surface area contributed by atoms with Gasteiger partial charge in [-0.2, -0.15) is 0 Å². The zero-order valence-electron chi connectivity index (χ0n) is 20.4. The van der Waals surface area contributed by atoms with E-state index < -0.39 is 23.2 Å². The molecule has 4 rings (SSSR count). The van der Waals surface area contributed by atoms with Gasteiger partial charge in [-0.1, -0.05) is 35.9 Å². The number of hydrogen-bond donors (Lipinski definition) is 0. The fourth-order valence-corrected chi connectivity index (χ4v) is 5.22. The molecule has 2 unspecified atom stereocenters. The van der Waals surface area contributed by atoms with Crippen molar-refractivity contribution in [2.75, 3.05) is 13.1 Å². The van der Waals surface area contributed by atoms with Gasteiger partial charge in [0.25, 0.3) is 0 Å². The van der Waals surface area contributed by atoms with Crippen molar-refractivity contribution in [3.05, 3.63) is 58.9 Å². The number of halogens is 2. The summed E-state index contributed by atoms with van der Waals surface area (Å²) in [4.78, 5) is 41.5. The molecule has 2 heterocycles. The molecule has 2 aliphatic heterocycles. The second kappa shape index (κ2) is 9.26. The van der Waals surface area contributed by atoms with E-state index in [-0.39, 0.29) is 17.6 Å². The maximum atomic E-state index is 14.3. The van der Waals surface area contributed by atoms with Crippen LogP contribution in [0.15, 0.2) is 42.5 Å². The van der Waals surface area contributed by atoms with E-state index >= 15 is 0 Å². The number of nitrogens with zero attached hydrogens (tertiary/aromatic N) is 2. The van der Waals surface area contributed by atoms with Gasteiger partial charge in [0.1, 0.15) is 11.4 Å². The number of amides is 3. The molecule has 0 saturated carbocycles. The topological polar surface area (TPSA) is 66.9 Å². The summed E-state index contributed by atoms with van der Waals surface area (Å²) in [6, 6.07) is 11.4. The second-order valence-electron chi connectivity index (χ2n) is 10.5. The van der Waals surface area contributed by atoms with Crippen LogP contribution in [0.5, 0.6) is 0 Å². The Morgan fingerprint density at radius 2 is 1.86 bits per heavy atom. The standard InChI is InChI=1S/C27H30ClFN2O4/c1-17(32)30-12-11-27(16-30)15-21(31(24(27)33)25(34)35-26(2,3)4)13-18-5-7-19(8-6-18)22-14-20(28)9-10-23(22)29/h5-10,14,21H,11-13,15-16H2,1-4H3. The summed E-state index contributed by atoms with van der Waals surface area (Å²) in [6.07, 6.45) is 0.752. The highest BCUT2D eigenvalue weighted by atomic mass is 35.5. The van der Waals surface area contributed by atoms with Gasteiger partial charge in [-0.15, -0.1) is 0 Å². The molecule has 186 valence electrons. The van der Waals surface area contributed by atoms with Crippen LogP contribution < -0.4 is 0 Å². The molecule has 2 saturated heterocycles. The van der Waals surface area contributed by atoms with Gasteiger partial charge >= 0.3 is 6.09 Å². The molecule has 35 heavy (non-hydrogen) atoms. The Hall–Kier alpha value is -2.93. The number of ether oxygens (including phenoxy) is 1. The van der Waals surface area contributed by atoms with Crippen molar-refractivity contribution in [2.45, 2.75) is 58.6 Å². The average Bonchev–Trinajstić information content (AvgIpc) is 3.31. The van der Waals surface area contributed by atoms with Crippen LogP contribution in [-0.4, -0.2) is 52.4 Å². The van der Waals surface area contributed by atoms with Crippen molar-refractivity contribution < 1.29 is 23.5 Å². The third kappa shape index (κ3) is 5.20. The van der Waals surface area contributed by atoms with Crippen LogP contribution in [0, 0.1) is 11.2 Å². The molecule has 0 bridgehead atoms. The van der Waals surface area contributed by atoms with E-state index in [1.165, 1.54) is 24.0 Å². The average molecular weight is 501 g/mol. The van der Waals surface area contributed by atoms with E-state index in [1.807, 2.05) is 24.3 Å². The minimum Gasteiger partial charge on any atom is -0.443 e. The minimum atomic E-state index is -0.781. The van der Waals surface area contributed by atoms with E-state index in [2.05, 4.69) is 0 Å². The molecule has 2 aromatic carbocycles. The molecule has 2 aromatic rings. The maximum Gasteiger partial charge on any atom is 0.417 e. The van der Waals surface area contributed by atoms with Gasteiger partial charge in [-0.05, 0) is 69.4 Å². The molecule has 1 spiro atoms. The lowest BCUT2D eigenvalue weighted by Gasteiger charge is -2.28. The minimum absolute atomic E-state index is 0.0780. The molecule has 3 amide bonds. The van der Waals surface area contributed by atoms with Crippen molar-refractivity contribution in [1.29, 1.82) is 0 Å². The Bertz CT molecular complexity index is 1160. The first-order valence-electron chi connectivity index (χ1n) is 11.8. The van der Waals surface area contributed by atoms with Crippen molar-refractivity contribution in [3.63, 3.8) is 0 Å². The molecule has 0 aliphatic carbocycles. The largest absolute Gasteiger partial charge is 0.443 e. The van der Waals surface area contributed by atoms with Crippen molar-refractivity contribution in [2.24, 2.45) is 5.41 Å². The lowest BCUT2D eigenvalue weighted by Crippen LogP contribution is -2.45. The Labute approximate surface area is 210 Å². The summed E-state index contributed by atoms with van der Waals surface area (Å²) in [5.41, 5.74) is 0.466. The van der Waals surface area contributed by atoms with Crippen LogP contribution in [0.2, 0.25) is 5.02 Å². The normalized spacial score (nSPS) is 22.2. The van der Waals surface area contributed by atoms with Crippen LogP contribution in [-0.2, 0) is 20.7 Å². The fourth-order valence-electron chi connectivity index (χ4n) is 5.05. The monoisotopic (exact) mass is 500 g/mol. The number of carbonyl (C=O) groups excluding carboxylic acids is 3. The SMILES string of the molecule is CC(=O)N1CCC2(CC(Cc3ccc(-c4cc(Cl)ccc4F)cc3)N(C(=O)OC(C)(C)C)C2=O)C1. The Kier molecular flexibility index (Phi) is 6.66.